The molecule has 4 heteroatoms. The second-order valence-corrected chi connectivity index (χ2v) is 4.61. The smallest absolute Gasteiger partial charge is 0.410 e. The molecule has 1 aliphatic heterocycles. The predicted octanol–water partition coefficient (Wildman–Crippen LogP) is 2.51. The fourth-order valence-electron chi connectivity index (χ4n) is 2.35. The molecule has 0 radical (unpaired) electrons. The molecule has 1 saturated heterocycles. The Labute approximate surface area is 113 Å². The molecule has 2 atom stereocenters. The van der Waals surface area contributed by atoms with Crippen LogP contribution in [0.5, 0.6) is 0 Å². The SMILES string of the molecule is CC(c1ccccc1)N1C(=O)OCC1C/C=C\CO. The van der Waals surface area contributed by atoms with Gasteiger partial charge >= 0.3 is 6.09 Å². The minimum atomic E-state index is -0.265. The van der Waals surface area contributed by atoms with Gasteiger partial charge in [0.15, 0.2) is 0 Å². The Morgan fingerprint density at radius 3 is 2.84 bits per heavy atom. The van der Waals surface area contributed by atoms with Crippen molar-refractivity contribution >= 4 is 6.09 Å². The number of carbonyl (C=O) groups excluding carboxylic acids is 1. The molecule has 1 aliphatic rings. The molecule has 0 spiro atoms. The molecule has 19 heavy (non-hydrogen) atoms. The maximum absolute atomic E-state index is 11.9. The van der Waals surface area contributed by atoms with Crippen molar-refractivity contribution in [3.8, 4) is 0 Å². The van der Waals surface area contributed by atoms with Crippen molar-refractivity contribution in [1.29, 1.82) is 0 Å². The predicted molar refractivity (Wildman–Crippen MR) is 72.7 cm³/mol. The van der Waals surface area contributed by atoms with Gasteiger partial charge in [-0.3, -0.25) is 4.90 Å². The lowest BCUT2D eigenvalue weighted by molar-refractivity contribution is 0.147. The minimum absolute atomic E-state index is 0.0104. The van der Waals surface area contributed by atoms with Crippen LogP contribution in [0.25, 0.3) is 0 Å². The van der Waals surface area contributed by atoms with Gasteiger partial charge in [0.25, 0.3) is 0 Å². The number of carbonyl (C=O) groups is 1. The zero-order chi connectivity index (χ0) is 13.7. The van der Waals surface area contributed by atoms with Gasteiger partial charge in [0.05, 0.1) is 18.7 Å². The molecule has 0 bridgehead atoms. The van der Waals surface area contributed by atoms with Crippen LogP contribution in [0.2, 0.25) is 0 Å². The van der Waals surface area contributed by atoms with Gasteiger partial charge in [-0.05, 0) is 18.9 Å². The molecule has 0 aromatic heterocycles. The standard InChI is InChI=1S/C15H19NO3/c1-12(13-7-3-2-4-8-13)16-14(9-5-6-10-17)11-19-15(16)18/h2-8,12,14,17H,9-11H2,1H3/b6-5-. The number of rotatable bonds is 5. The number of cyclic esters (lactones) is 1. The van der Waals surface area contributed by atoms with Crippen LogP contribution >= 0.6 is 0 Å². The Hall–Kier alpha value is -1.81. The zero-order valence-corrected chi connectivity index (χ0v) is 11.0. The minimum Gasteiger partial charge on any atom is -0.447 e. The Morgan fingerprint density at radius 2 is 2.16 bits per heavy atom. The van der Waals surface area contributed by atoms with E-state index in [4.69, 9.17) is 9.84 Å². The van der Waals surface area contributed by atoms with Gasteiger partial charge in [-0.2, -0.15) is 0 Å². The first-order chi connectivity index (χ1) is 9.24. The summed E-state index contributed by atoms with van der Waals surface area (Å²) >= 11 is 0. The Bertz CT molecular complexity index is 444. The van der Waals surface area contributed by atoms with E-state index in [1.54, 1.807) is 11.0 Å². The van der Waals surface area contributed by atoms with Crippen LogP contribution in [0.3, 0.4) is 0 Å². The summed E-state index contributed by atoms with van der Waals surface area (Å²) in [6.07, 6.45) is 4.01. The highest BCUT2D eigenvalue weighted by atomic mass is 16.6. The maximum Gasteiger partial charge on any atom is 0.410 e. The van der Waals surface area contributed by atoms with E-state index >= 15 is 0 Å². The number of hydrogen-bond donors (Lipinski definition) is 1. The van der Waals surface area contributed by atoms with Crippen LogP contribution < -0.4 is 0 Å². The average Bonchev–Trinajstić information content (AvgIpc) is 2.80. The van der Waals surface area contributed by atoms with Gasteiger partial charge in [0.2, 0.25) is 0 Å². The molecule has 1 heterocycles. The first-order valence-corrected chi connectivity index (χ1v) is 6.50. The third-order valence-corrected chi connectivity index (χ3v) is 3.38. The van der Waals surface area contributed by atoms with Crippen molar-refractivity contribution in [2.75, 3.05) is 13.2 Å². The highest BCUT2D eigenvalue weighted by Gasteiger charge is 2.35. The Morgan fingerprint density at radius 1 is 1.42 bits per heavy atom. The lowest BCUT2D eigenvalue weighted by Gasteiger charge is -2.27. The van der Waals surface area contributed by atoms with Crippen molar-refractivity contribution in [2.24, 2.45) is 0 Å². The van der Waals surface area contributed by atoms with Crippen LogP contribution in [-0.4, -0.2) is 35.4 Å². The highest BCUT2D eigenvalue weighted by molar-refractivity contribution is 5.70. The Balaban J connectivity index is 2.11. The van der Waals surface area contributed by atoms with E-state index < -0.39 is 0 Å². The van der Waals surface area contributed by atoms with E-state index in [9.17, 15) is 4.79 Å². The number of ether oxygens (including phenoxy) is 1. The number of aliphatic hydroxyl groups is 1. The first-order valence-electron chi connectivity index (χ1n) is 6.50. The lowest BCUT2D eigenvalue weighted by Crippen LogP contribution is -2.35. The fraction of sp³-hybridized carbons (Fsp3) is 0.400. The lowest BCUT2D eigenvalue weighted by atomic mass is 10.0. The van der Waals surface area contributed by atoms with Crippen LogP contribution in [0.1, 0.15) is 24.9 Å². The molecule has 2 rings (SSSR count). The normalized spacial score (nSPS) is 20.8. The molecule has 2 unspecified atom stereocenters. The molecule has 1 fully saturated rings. The summed E-state index contributed by atoms with van der Waals surface area (Å²) in [7, 11) is 0. The number of benzene rings is 1. The van der Waals surface area contributed by atoms with Crippen molar-refractivity contribution in [3.63, 3.8) is 0 Å². The fourth-order valence-corrected chi connectivity index (χ4v) is 2.35. The maximum atomic E-state index is 11.9. The van der Waals surface area contributed by atoms with Crippen LogP contribution in [0.15, 0.2) is 42.5 Å². The third-order valence-electron chi connectivity index (χ3n) is 3.38. The number of nitrogens with zero attached hydrogens (tertiary/aromatic N) is 1. The van der Waals surface area contributed by atoms with Crippen LogP contribution in [0.4, 0.5) is 4.79 Å². The van der Waals surface area contributed by atoms with Crippen molar-refractivity contribution in [3.05, 3.63) is 48.0 Å². The molecule has 102 valence electrons. The quantitative estimate of drug-likeness (QED) is 0.828. The highest BCUT2D eigenvalue weighted by Crippen LogP contribution is 2.28. The average molecular weight is 261 g/mol. The van der Waals surface area contributed by atoms with E-state index in [-0.39, 0.29) is 24.8 Å². The van der Waals surface area contributed by atoms with Gasteiger partial charge in [-0.15, -0.1) is 0 Å². The summed E-state index contributed by atoms with van der Waals surface area (Å²) in [5.41, 5.74) is 1.09. The second kappa shape index (κ2) is 6.38. The molecule has 1 N–H and O–H groups in total. The van der Waals surface area contributed by atoms with Crippen LogP contribution in [-0.2, 0) is 4.74 Å². The number of amides is 1. The number of hydrogen-bond acceptors (Lipinski definition) is 3. The van der Waals surface area contributed by atoms with Gasteiger partial charge < -0.3 is 9.84 Å². The molecule has 1 aromatic carbocycles. The zero-order valence-electron chi connectivity index (χ0n) is 11.0. The second-order valence-electron chi connectivity index (χ2n) is 4.61. The summed E-state index contributed by atoms with van der Waals surface area (Å²) in [6, 6.07) is 9.93. The topological polar surface area (TPSA) is 49.8 Å². The van der Waals surface area contributed by atoms with Gasteiger partial charge in [0.1, 0.15) is 6.61 Å². The molecule has 1 amide bonds. The van der Waals surface area contributed by atoms with E-state index in [0.717, 1.165) is 5.56 Å². The van der Waals surface area contributed by atoms with E-state index in [0.29, 0.717) is 13.0 Å². The van der Waals surface area contributed by atoms with Crippen LogP contribution in [0, 0.1) is 0 Å². The molecule has 4 nitrogen and oxygen atoms in total. The van der Waals surface area contributed by atoms with Crippen molar-refractivity contribution in [1.82, 2.24) is 4.90 Å². The number of aliphatic hydroxyl groups excluding tert-OH is 1. The van der Waals surface area contributed by atoms with Gasteiger partial charge in [-0.1, -0.05) is 42.5 Å². The van der Waals surface area contributed by atoms with E-state index in [1.165, 1.54) is 0 Å². The summed E-state index contributed by atoms with van der Waals surface area (Å²) in [5, 5.41) is 8.75. The van der Waals surface area contributed by atoms with Gasteiger partial charge in [0, 0.05) is 0 Å². The molecular formula is C15H19NO3. The van der Waals surface area contributed by atoms with Crippen molar-refractivity contribution < 1.29 is 14.6 Å². The first kappa shape index (κ1) is 13.6. The summed E-state index contributed by atoms with van der Waals surface area (Å²) < 4.78 is 5.14. The van der Waals surface area contributed by atoms with Crippen molar-refractivity contribution in [2.45, 2.75) is 25.4 Å². The summed E-state index contributed by atoms with van der Waals surface area (Å²) in [4.78, 5) is 13.6. The molecule has 1 aromatic rings. The van der Waals surface area contributed by atoms with E-state index in [2.05, 4.69) is 0 Å². The molecule has 0 saturated carbocycles. The monoisotopic (exact) mass is 261 g/mol. The van der Waals surface area contributed by atoms with E-state index in [1.807, 2.05) is 43.3 Å². The molecule has 0 aliphatic carbocycles. The summed E-state index contributed by atoms with van der Waals surface area (Å²) in [6.45, 7) is 2.44. The largest absolute Gasteiger partial charge is 0.447 e. The Kier molecular flexibility index (Phi) is 4.58. The third kappa shape index (κ3) is 3.15. The summed E-state index contributed by atoms with van der Waals surface area (Å²) in [5.74, 6) is 0. The molecular weight excluding hydrogens is 242 g/mol. The van der Waals surface area contributed by atoms with Gasteiger partial charge in [-0.25, -0.2) is 4.79 Å².